The molecule has 0 bridgehead atoms. The van der Waals surface area contributed by atoms with Gasteiger partial charge in [-0.1, -0.05) is 5.16 Å². The predicted molar refractivity (Wildman–Crippen MR) is 89.5 cm³/mol. The van der Waals surface area contributed by atoms with E-state index < -0.39 is 0 Å². The van der Waals surface area contributed by atoms with Crippen LogP contribution in [0.25, 0.3) is 11.4 Å². The highest BCUT2D eigenvalue weighted by Gasteiger charge is 2.33. The normalized spacial score (nSPS) is 23.0. The van der Waals surface area contributed by atoms with Crippen molar-refractivity contribution in [2.75, 3.05) is 19.8 Å². The van der Waals surface area contributed by atoms with Crippen molar-refractivity contribution in [2.45, 2.75) is 51.6 Å². The van der Waals surface area contributed by atoms with Gasteiger partial charge in [0.15, 0.2) is 5.82 Å². The van der Waals surface area contributed by atoms with Crippen LogP contribution >= 0.6 is 0 Å². The zero-order chi connectivity index (χ0) is 16.5. The maximum atomic E-state index is 5.52. The van der Waals surface area contributed by atoms with Crippen LogP contribution in [0.5, 0.6) is 0 Å². The van der Waals surface area contributed by atoms with E-state index >= 15 is 0 Å². The smallest absolute Gasteiger partial charge is 0.164 e. The number of rotatable bonds is 3. The van der Waals surface area contributed by atoms with Crippen LogP contribution in [0.1, 0.15) is 48.9 Å². The number of ether oxygens (including phenoxy) is 1. The second-order valence-corrected chi connectivity index (χ2v) is 6.74. The first kappa shape index (κ1) is 15.7. The summed E-state index contributed by atoms with van der Waals surface area (Å²) in [5.74, 6) is 1.50. The Morgan fingerprint density at radius 2 is 2.00 bits per heavy atom. The molecule has 0 amide bonds. The molecule has 2 aliphatic heterocycles. The van der Waals surface area contributed by atoms with E-state index in [0.29, 0.717) is 12.1 Å². The molecule has 1 atom stereocenters. The summed E-state index contributed by atoms with van der Waals surface area (Å²) in [5, 5.41) is 4.03. The summed E-state index contributed by atoms with van der Waals surface area (Å²) in [5.41, 5.74) is 2.88. The van der Waals surface area contributed by atoms with Crippen LogP contribution in [0, 0.1) is 13.8 Å². The Kier molecular flexibility index (Phi) is 4.33. The minimum absolute atomic E-state index is 0.385. The third-order valence-electron chi connectivity index (χ3n) is 5.23. The van der Waals surface area contributed by atoms with Crippen molar-refractivity contribution in [1.82, 2.24) is 20.0 Å². The van der Waals surface area contributed by atoms with Gasteiger partial charge >= 0.3 is 0 Å². The minimum atomic E-state index is 0.385. The van der Waals surface area contributed by atoms with Crippen molar-refractivity contribution in [3.8, 4) is 11.4 Å². The Morgan fingerprint density at radius 3 is 2.75 bits per heavy atom. The second kappa shape index (κ2) is 6.61. The van der Waals surface area contributed by atoms with Gasteiger partial charge in [-0.3, -0.25) is 4.90 Å². The number of likely N-dealkylation sites (tertiary alicyclic amines) is 1. The summed E-state index contributed by atoms with van der Waals surface area (Å²) < 4.78 is 10.8. The van der Waals surface area contributed by atoms with Crippen LogP contribution in [0.15, 0.2) is 16.8 Å². The van der Waals surface area contributed by atoms with Crippen molar-refractivity contribution < 1.29 is 9.26 Å². The van der Waals surface area contributed by atoms with E-state index in [1.54, 1.807) is 0 Å². The Balaban J connectivity index is 1.63. The second-order valence-electron chi connectivity index (χ2n) is 6.74. The zero-order valence-electron chi connectivity index (χ0n) is 14.4. The maximum Gasteiger partial charge on any atom is 0.164 e. The molecule has 0 radical (unpaired) electrons. The number of nitrogens with zero attached hydrogens (tertiary/aromatic N) is 4. The van der Waals surface area contributed by atoms with Gasteiger partial charge in [0.2, 0.25) is 0 Å². The highest BCUT2D eigenvalue weighted by Crippen LogP contribution is 2.36. The van der Waals surface area contributed by atoms with Gasteiger partial charge < -0.3 is 9.26 Å². The molecule has 128 valence electrons. The fourth-order valence-electron chi connectivity index (χ4n) is 4.04. The Hall–Kier alpha value is -1.79. The maximum absolute atomic E-state index is 5.52. The molecule has 2 saturated heterocycles. The first-order valence-electron chi connectivity index (χ1n) is 8.83. The molecule has 0 aliphatic carbocycles. The molecular weight excluding hydrogens is 304 g/mol. The van der Waals surface area contributed by atoms with Gasteiger partial charge in [-0.05, 0) is 52.1 Å². The Morgan fingerprint density at radius 1 is 1.17 bits per heavy atom. The van der Waals surface area contributed by atoms with Gasteiger partial charge in [-0.2, -0.15) is 0 Å². The molecule has 0 unspecified atom stereocenters. The van der Waals surface area contributed by atoms with Crippen LogP contribution in [-0.2, 0) is 4.74 Å². The molecule has 24 heavy (non-hydrogen) atoms. The molecule has 0 spiro atoms. The topological polar surface area (TPSA) is 64.3 Å². The third-order valence-corrected chi connectivity index (χ3v) is 5.23. The lowest BCUT2D eigenvalue weighted by Crippen LogP contribution is -2.39. The quantitative estimate of drug-likeness (QED) is 0.863. The highest BCUT2D eigenvalue weighted by atomic mass is 16.5. The lowest BCUT2D eigenvalue weighted by Gasteiger charge is -2.35. The largest absolute Gasteiger partial charge is 0.381 e. The average molecular weight is 328 g/mol. The van der Waals surface area contributed by atoms with E-state index in [1.807, 2.05) is 20.0 Å². The number of aryl methyl sites for hydroxylation is 2. The van der Waals surface area contributed by atoms with Gasteiger partial charge in [0, 0.05) is 25.5 Å². The van der Waals surface area contributed by atoms with Gasteiger partial charge in [0.1, 0.15) is 5.76 Å². The SMILES string of the molecule is Cc1noc(C)c1-c1nccc([C@@H]2CCCN2C2CCOCC2)n1. The van der Waals surface area contributed by atoms with E-state index in [0.717, 1.165) is 67.6 Å². The van der Waals surface area contributed by atoms with Crippen LogP contribution < -0.4 is 0 Å². The molecule has 2 aromatic heterocycles. The van der Waals surface area contributed by atoms with Crippen molar-refractivity contribution in [2.24, 2.45) is 0 Å². The summed E-state index contributed by atoms with van der Waals surface area (Å²) in [4.78, 5) is 12.0. The molecule has 0 aromatic carbocycles. The van der Waals surface area contributed by atoms with Gasteiger partial charge in [-0.15, -0.1) is 0 Å². The van der Waals surface area contributed by atoms with Crippen molar-refractivity contribution in [3.05, 3.63) is 29.4 Å². The monoisotopic (exact) mass is 328 g/mol. The lowest BCUT2D eigenvalue weighted by atomic mass is 10.0. The van der Waals surface area contributed by atoms with E-state index in [4.69, 9.17) is 14.2 Å². The lowest BCUT2D eigenvalue weighted by molar-refractivity contribution is 0.0285. The van der Waals surface area contributed by atoms with Gasteiger partial charge in [-0.25, -0.2) is 9.97 Å². The van der Waals surface area contributed by atoms with Crippen LogP contribution in [0.2, 0.25) is 0 Å². The summed E-state index contributed by atoms with van der Waals surface area (Å²) in [6, 6.07) is 3.06. The van der Waals surface area contributed by atoms with E-state index in [9.17, 15) is 0 Å². The number of aromatic nitrogens is 3. The molecule has 0 N–H and O–H groups in total. The van der Waals surface area contributed by atoms with Crippen molar-refractivity contribution >= 4 is 0 Å². The van der Waals surface area contributed by atoms with Crippen molar-refractivity contribution in [1.29, 1.82) is 0 Å². The molecular formula is C18H24N4O2. The highest BCUT2D eigenvalue weighted by molar-refractivity contribution is 5.59. The average Bonchev–Trinajstić information content (AvgIpc) is 3.23. The Bertz CT molecular complexity index is 689. The van der Waals surface area contributed by atoms with E-state index in [2.05, 4.69) is 21.1 Å². The van der Waals surface area contributed by atoms with Crippen molar-refractivity contribution in [3.63, 3.8) is 0 Å². The summed E-state index contributed by atoms with van der Waals surface area (Å²) in [7, 11) is 0. The first-order valence-corrected chi connectivity index (χ1v) is 8.83. The summed E-state index contributed by atoms with van der Waals surface area (Å²) in [6.07, 6.45) is 6.50. The van der Waals surface area contributed by atoms with Crippen LogP contribution in [-0.4, -0.2) is 45.8 Å². The molecule has 2 aromatic rings. The fourth-order valence-corrected chi connectivity index (χ4v) is 4.04. The van der Waals surface area contributed by atoms with E-state index in [1.165, 1.54) is 6.42 Å². The fraction of sp³-hybridized carbons (Fsp3) is 0.611. The summed E-state index contributed by atoms with van der Waals surface area (Å²) in [6.45, 7) is 6.75. The van der Waals surface area contributed by atoms with Crippen LogP contribution in [0.3, 0.4) is 0 Å². The standard InChI is InChI=1S/C18H24N4O2/c1-12-17(13(2)24-21-12)18-19-8-5-15(20-18)16-4-3-9-22(16)14-6-10-23-11-7-14/h5,8,14,16H,3-4,6-7,9-11H2,1-2H3/t16-/m0/s1. The molecule has 6 heteroatoms. The molecule has 0 saturated carbocycles. The molecule has 4 rings (SSSR count). The molecule has 2 aliphatic rings. The van der Waals surface area contributed by atoms with E-state index in [-0.39, 0.29) is 0 Å². The van der Waals surface area contributed by atoms with Gasteiger partial charge in [0.25, 0.3) is 0 Å². The predicted octanol–water partition coefficient (Wildman–Crippen LogP) is 3.06. The number of hydrogen-bond acceptors (Lipinski definition) is 6. The minimum Gasteiger partial charge on any atom is -0.381 e. The third kappa shape index (κ3) is 2.84. The van der Waals surface area contributed by atoms with Gasteiger partial charge in [0.05, 0.1) is 23.0 Å². The molecule has 4 heterocycles. The summed E-state index contributed by atoms with van der Waals surface area (Å²) >= 11 is 0. The molecule has 2 fully saturated rings. The van der Waals surface area contributed by atoms with Crippen LogP contribution in [0.4, 0.5) is 0 Å². The Labute approximate surface area is 142 Å². The first-order chi connectivity index (χ1) is 11.7. The molecule has 6 nitrogen and oxygen atoms in total. The number of hydrogen-bond donors (Lipinski definition) is 0. The zero-order valence-corrected chi connectivity index (χ0v) is 14.4.